The third kappa shape index (κ3) is 4.08. The molecule has 1 aromatic carbocycles. The fourth-order valence-electron chi connectivity index (χ4n) is 4.16. The summed E-state index contributed by atoms with van der Waals surface area (Å²) in [7, 11) is 1.93. The van der Waals surface area contributed by atoms with Gasteiger partial charge in [-0.2, -0.15) is 5.10 Å². The van der Waals surface area contributed by atoms with Gasteiger partial charge >= 0.3 is 0 Å². The summed E-state index contributed by atoms with van der Waals surface area (Å²) in [4.78, 5) is 26.0. The number of nitrogens with zero attached hydrogens (tertiary/aromatic N) is 6. The predicted molar refractivity (Wildman–Crippen MR) is 136 cm³/mol. The molecule has 1 N–H and O–H groups in total. The van der Waals surface area contributed by atoms with Crippen molar-refractivity contribution < 1.29 is 4.79 Å². The molecule has 4 heterocycles. The Morgan fingerprint density at radius 1 is 1.18 bits per heavy atom. The fraction of sp³-hybridized carbons (Fsp3) is 0.280. The number of aromatic nitrogens is 5. The summed E-state index contributed by atoms with van der Waals surface area (Å²) in [5.74, 6) is -0.0970. The molecule has 0 spiro atoms. The predicted octanol–water partition coefficient (Wildman–Crippen LogP) is 4.08. The molecule has 4 aromatic heterocycles. The maximum absolute atomic E-state index is 13.1. The smallest absolute Gasteiger partial charge is 0.251 e. The first-order valence-corrected chi connectivity index (χ1v) is 12.3. The van der Waals surface area contributed by atoms with E-state index in [4.69, 9.17) is 4.98 Å². The van der Waals surface area contributed by atoms with Crippen LogP contribution in [0.3, 0.4) is 0 Å². The minimum absolute atomic E-state index is 0.0970. The Labute approximate surface area is 201 Å². The molecule has 0 aliphatic carbocycles. The van der Waals surface area contributed by atoms with Crippen LogP contribution >= 0.6 is 11.3 Å². The van der Waals surface area contributed by atoms with Crippen molar-refractivity contribution in [1.29, 1.82) is 0 Å². The van der Waals surface area contributed by atoms with E-state index in [1.165, 1.54) is 0 Å². The Morgan fingerprint density at radius 2 is 2.03 bits per heavy atom. The summed E-state index contributed by atoms with van der Waals surface area (Å²) in [5.41, 5.74) is 5.63. The monoisotopic (exact) mass is 473 g/mol. The molecule has 0 aliphatic rings. The zero-order valence-corrected chi connectivity index (χ0v) is 20.3. The molecule has 1 amide bonds. The van der Waals surface area contributed by atoms with Crippen molar-refractivity contribution in [3.8, 4) is 21.7 Å². The topological polar surface area (TPSA) is 80.3 Å². The highest BCUT2D eigenvalue weighted by Crippen LogP contribution is 2.33. The zero-order valence-electron chi connectivity index (χ0n) is 19.5. The molecule has 0 aliphatic heterocycles. The number of amides is 1. The van der Waals surface area contributed by atoms with Crippen LogP contribution in [-0.4, -0.2) is 61.1 Å². The van der Waals surface area contributed by atoms with E-state index in [0.29, 0.717) is 12.1 Å². The average Bonchev–Trinajstić information content (AvgIpc) is 3.61. The van der Waals surface area contributed by atoms with Crippen molar-refractivity contribution >= 4 is 33.9 Å². The summed E-state index contributed by atoms with van der Waals surface area (Å²) < 4.78 is 3.69. The van der Waals surface area contributed by atoms with Gasteiger partial charge in [-0.1, -0.05) is 19.9 Å². The number of nitrogens with one attached hydrogen (secondary N) is 1. The summed E-state index contributed by atoms with van der Waals surface area (Å²) in [5, 5.41) is 9.62. The minimum Gasteiger partial charge on any atom is -0.351 e. The maximum atomic E-state index is 13.1. The van der Waals surface area contributed by atoms with Gasteiger partial charge in [-0.05, 0) is 42.7 Å². The van der Waals surface area contributed by atoms with Gasteiger partial charge in [0, 0.05) is 43.0 Å². The van der Waals surface area contributed by atoms with Gasteiger partial charge in [-0.25, -0.2) is 14.5 Å². The second-order valence-corrected chi connectivity index (χ2v) is 9.09. The summed E-state index contributed by atoms with van der Waals surface area (Å²) in [6, 6.07) is 9.84. The van der Waals surface area contributed by atoms with Gasteiger partial charge in [0.25, 0.3) is 5.91 Å². The van der Waals surface area contributed by atoms with Crippen LogP contribution in [0.1, 0.15) is 24.2 Å². The summed E-state index contributed by atoms with van der Waals surface area (Å²) >= 11 is 1.65. The molecule has 174 valence electrons. The van der Waals surface area contributed by atoms with Crippen molar-refractivity contribution in [2.24, 2.45) is 7.05 Å². The Bertz CT molecular complexity index is 1450. The number of rotatable bonds is 8. The van der Waals surface area contributed by atoms with E-state index in [9.17, 15) is 4.79 Å². The molecule has 9 heteroatoms. The first kappa shape index (κ1) is 22.2. The van der Waals surface area contributed by atoms with Crippen molar-refractivity contribution in [1.82, 2.24) is 34.4 Å². The molecule has 0 fully saturated rings. The number of hydrogen-bond acceptors (Lipinski definition) is 6. The molecule has 0 saturated carbocycles. The molecule has 0 bridgehead atoms. The van der Waals surface area contributed by atoms with Crippen LogP contribution in [0.5, 0.6) is 0 Å². The van der Waals surface area contributed by atoms with Gasteiger partial charge in [0.05, 0.1) is 34.1 Å². The van der Waals surface area contributed by atoms with Crippen LogP contribution in [-0.2, 0) is 7.05 Å². The standard InChI is InChI=1S/C25H27N7OS/c1-4-31(5-2)11-9-26-25(33)17-13-18(23-21(14-17)30(3)16-27-23)19-15-28-32-10-8-20(29-24(19)32)22-7-6-12-34-22/h6-8,10,12-16H,4-5,9,11H2,1-3H3,(H,26,33). The van der Waals surface area contributed by atoms with Crippen LogP contribution in [0.25, 0.3) is 38.4 Å². The highest BCUT2D eigenvalue weighted by atomic mass is 32.1. The van der Waals surface area contributed by atoms with E-state index in [1.807, 2.05) is 47.5 Å². The highest BCUT2D eigenvalue weighted by molar-refractivity contribution is 7.13. The first-order valence-electron chi connectivity index (χ1n) is 11.4. The number of carbonyl (C=O) groups excluding carboxylic acids is 1. The lowest BCUT2D eigenvalue weighted by Crippen LogP contribution is -2.34. The van der Waals surface area contributed by atoms with Crippen LogP contribution in [0.2, 0.25) is 0 Å². The third-order valence-electron chi connectivity index (χ3n) is 6.13. The van der Waals surface area contributed by atoms with Crippen LogP contribution < -0.4 is 5.32 Å². The lowest BCUT2D eigenvalue weighted by Gasteiger charge is -2.18. The molecule has 5 aromatic rings. The lowest BCUT2D eigenvalue weighted by molar-refractivity contribution is 0.0949. The molecule has 8 nitrogen and oxygen atoms in total. The number of carbonyl (C=O) groups is 1. The molecule has 34 heavy (non-hydrogen) atoms. The van der Waals surface area contributed by atoms with E-state index in [1.54, 1.807) is 28.4 Å². The Morgan fingerprint density at radius 3 is 2.79 bits per heavy atom. The van der Waals surface area contributed by atoms with E-state index < -0.39 is 0 Å². The van der Waals surface area contributed by atoms with Gasteiger partial charge in [-0.3, -0.25) is 4.79 Å². The number of imidazole rings is 1. The van der Waals surface area contributed by atoms with Crippen molar-refractivity contribution in [2.45, 2.75) is 13.8 Å². The normalized spacial score (nSPS) is 11.6. The Hall–Kier alpha value is -3.56. The zero-order chi connectivity index (χ0) is 23.7. The van der Waals surface area contributed by atoms with Gasteiger partial charge in [0.15, 0.2) is 5.65 Å². The largest absolute Gasteiger partial charge is 0.351 e. The Kier molecular flexibility index (Phi) is 6.12. The average molecular weight is 474 g/mol. The van der Waals surface area contributed by atoms with Gasteiger partial charge in [0.2, 0.25) is 0 Å². The van der Waals surface area contributed by atoms with Crippen molar-refractivity contribution in [3.05, 3.63) is 60.0 Å². The number of aryl methyl sites for hydroxylation is 1. The minimum atomic E-state index is -0.0970. The first-order chi connectivity index (χ1) is 16.6. The van der Waals surface area contributed by atoms with Crippen molar-refractivity contribution in [3.63, 3.8) is 0 Å². The van der Waals surface area contributed by atoms with E-state index in [0.717, 1.165) is 58.0 Å². The number of fused-ring (bicyclic) bond motifs is 2. The number of benzene rings is 1. The van der Waals surface area contributed by atoms with Gasteiger partial charge < -0.3 is 14.8 Å². The van der Waals surface area contributed by atoms with Crippen LogP contribution in [0.15, 0.2) is 54.4 Å². The maximum Gasteiger partial charge on any atom is 0.251 e. The fourth-order valence-corrected chi connectivity index (χ4v) is 4.85. The number of hydrogen-bond donors (Lipinski definition) is 1. The summed E-state index contributed by atoms with van der Waals surface area (Å²) in [6.45, 7) is 7.61. The van der Waals surface area contributed by atoms with Gasteiger partial charge in [0.1, 0.15) is 0 Å². The molecule has 0 saturated heterocycles. The SMILES string of the molecule is CCN(CC)CCNC(=O)c1cc(-c2cnn3ccc(-c4cccs4)nc23)c2ncn(C)c2c1. The molecule has 0 radical (unpaired) electrons. The highest BCUT2D eigenvalue weighted by Gasteiger charge is 2.18. The van der Waals surface area contributed by atoms with Gasteiger partial charge in [-0.15, -0.1) is 11.3 Å². The van der Waals surface area contributed by atoms with Crippen molar-refractivity contribution in [2.75, 3.05) is 26.2 Å². The van der Waals surface area contributed by atoms with E-state index in [2.05, 4.69) is 40.2 Å². The number of likely N-dealkylation sites (N-methyl/N-ethyl adjacent to an activating group) is 1. The van der Waals surface area contributed by atoms with E-state index in [-0.39, 0.29) is 5.91 Å². The quantitative estimate of drug-likeness (QED) is 0.367. The molecule has 0 unspecified atom stereocenters. The van der Waals surface area contributed by atoms with E-state index >= 15 is 0 Å². The second kappa shape index (κ2) is 9.36. The molecular weight excluding hydrogens is 446 g/mol. The lowest BCUT2D eigenvalue weighted by atomic mass is 10.0. The molecular formula is C25H27N7OS. The number of thiophene rings is 1. The molecule has 0 atom stereocenters. The van der Waals surface area contributed by atoms with Crippen LogP contribution in [0.4, 0.5) is 0 Å². The second-order valence-electron chi connectivity index (χ2n) is 8.15. The summed E-state index contributed by atoms with van der Waals surface area (Å²) in [6.07, 6.45) is 5.48. The Balaban J connectivity index is 1.55. The van der Waals surface area contributed by atoms with Crippen LogP contribution in [0, 0.1) is 0 Å². The third-order valence-corrected chi connectivity index (χ3v) is 7.03. The molecule has 5 rings (SSSR count).